The van der Waals surface area contributed by atoms with E-state index in [1.807, 2.05) is 30.3 Å². The highest BCUT2D eigenvalue weighted by Gasteiger charge is 2.42. The number of carbonyl (C=O) groups excluding carboxylic acids is 2. The summed E-state index contributed by atoms with van der Waals surface area (Å²) in [7, 11) is 1.72. The zero-order valence-electron chi connectivity index (χ0n) is 21.2. The van der Waals surface area contributed by atoms with E-state index < -0.39 is 0 Å². The van der Waals surface area contributed by atoms with Gasteiger partial charge in [0.05, 0.1) is 25.4 Å². The summed E-state index contributed by atoms with van der Waals surface area (Å²) in [5, 5.41) is 3.02. The van der Waals surface area contributed by atoms with Crippen molar-refractivity contribution in [1.82, 2.24) is 15.1 Å². The van der Waals surface area contributed by atoms with Crippen LogP contribution in [0.25, 0.3) is 0 Å². The number of hydrogen-bond donors (Lipinski definition) is 1. The second-order valence-corrected chi connectivity index (χ2v) is 10.4. The van der Waals surface area contributed by atoms with Gasteiger partial charge in [-0.2, -0.15) is 0 Å². The van der Waals surface area contributed by atoms with E-state index in [1.54, 1.807) is 12.0 Å². The van der Waals surface area contributed by atoms with Crippen molar-refractivity contribution in [2.24, 2.45) is 0 Å². The van der Waals surface area contributed by atoms with Crippen LogP contribution in [0.3, 0.4) is 0 Å². The maximum absolute atomic E-state index is 12.6. The molecule has 2 aromatic carbocycles. The first kappa shape index (κ1) is 24.8. The second-order valence-electron chi connectivity index (χ2n) is 10.4. The van der Waals surface area contributed by atoms with Gasteiger partial charge in [-0.3, -0.25) is 14.5 Å². The number of rotatable bonds is 8. The molecule has 0 aliphatic carbocycles. The topological polar surface area (TPSA) is 71.1 Å². The quantitative estimate of drug-likeness (QED) is 0.613. The minimum atomic E-state index is -0.103. The van der Waals surface area contributed by atoms with Crippen LogP contribution in [0.2, 0.25) is 0 Å². The summed E-state index contributed by atoms with van der Waals surface area (Å²) < 4.78 is 12.0. The molecule has 0 radical (unpaired) electrons. The number of methoxy groups -OCH3 is 1. The van der Waals surface area contributed by atoms with E-state index in [1.165, 1.54) is 5.56 Å². The summed E-state index contributed by atoms with van der Waals surface area (Å²) in [4.78, 5) is 29.2. The fourth-order valence-electron chi connectivity index (χ4n) is 5.93. The number of amides is 2. The van der Waals surface area contributed by atoms with Crippen molar-refractivity contribution in [3.05, 3.63) is 65.7 Å². The van der Waals surface area contributed by atoms with E-state index in [0.717, 1.165) is 56.6 Å². The summed E-state index contributed by atoms with van der Waals surface area (Å²) in [6, 6.07) is 18.3. The smallest absolute Gasteiger partial charge is 0.239 e. The van der Waals surface area contributed by atoms with Gasteiger partial charge in [0.25, 0.3) is 0 Å². The van der Waals surface area contributed by atoms with Crippen LogP contribution >= 0.6 is 0 Å². The van der Waals surface area contributed by atoms with Gasteiger partial charge in [0.2, 0.25) is 11.8 Å². The number of para-hydroxylation sites is 1. The van der Waals surface area contributed by atoms with E-state index in [2.05, 4.69) is 34.5 Å². The van der Waals surface area contributed by atoms with Crippen molar-refractivity contribution >= 4 is 11.8 Å². The number of piperidine rings is 1. The molecule has 5 rings (SSSR count). The second kappa shape index (κ2) is 11.0. The molecule has 0 saturated carbocycles. The van der Waals surface area contributed by atoms with E-state index >= 15 is 0 Å². The molecule has 0 bridgehead atoms. The first-order valence-electron chi connectivity index (χ1n) is 13.1. The van der Waals surface area contributed by atoms with Crippen molar-refractivity contribution in [3.8, 4) is 5.75 Å². The molecule has 0 unspecified atom stereocenters. The zero-order valence-corrected chi connectivity index (χ0v) is 21.2. The van der Waals surface area contributed by atoms with Crippen LogP contribution in [-0.2, 0) is 20.9 Å². The highest BCUT2D eigenvalue weighted by Crippen LogP contribution is 2.39. The van der Waals surface area contributed by atoms with Crippen molar-refractivity contribution in [2.45, 2.75) is 56.3 Å². The highest BCUT2D eigenvalue weighted by atomic mass is 16.5. The van der Waals surface area contributed by atoms with Gasteiger partial charge in [-0.1, -0.05) is 48.5 Å². The molecule has 192 valence electrons. The van der Waals surface area contributed by atoms with Crippen molar-refractivity contribution < 1.29 is 19.1 Å². The van der Waals surface area contributed by atoms with Crippen LogP contribution in [0.5, 0.6) is 5.75 Å². The Kier molecular flexibility index (Phi) is 7.58. The number of nitrogens with one attached hydrogen (secondary N) is 1. The largest absolute Gasteiger partial charge is 0.496 e. The Morgan fingerprint density at radius 1 is 1.08 bits per heavy atom. The van der Waals surface area contributed by atoms with Crippen LogP contribution in [-0.4, -0.2) is 73.2 Å². The normalized spacial score (nSPS) is 23.8. The number of ether oxygens (including phenoxy) is 2. The average Bonchev–Trinajstić information content (AvgIpc) is 3.48. The zero-order chi connectivity index (χ0) is 25.0. The Hall–Kier alpha value is -2.90. The third-order valence-electron chi connectivity index (χ3n) is 8.04. The van der Waals surface area contributed by atoms with E-state index in [4.69, 9.17) is 9.47 Å². The predicted octanol–water partition coefficient (Wildman–Crippen LogP) is 3.34. The lowest BCUT2D eigenvalue weighted by Crippen LogP contribution is -2.45. The van der Waals surface area contributed by atoms with Crippen molar-refractivity contribution in [1.29, 1.82) is 0 Å². The van der Waals surface area contributed by atoms with Gasteiger partial charge < -0.3 is 19.7 Å². The molecule has 3 aliphatic heterocycles. The Morgan fingerprint density at radius 2 is 1.83 bits per heavy atom. The van der Waals surface area contributed by atoms with Crippen molar-refractivity contribution in [2.75, 3.05) is 39.8 Å². The molecule has 7 nitrogen and oxygen atoms in total. The molecule has 0 aromatic heterocycles. The third kappa shape index (κ3) is 5.73. The average molecular weight is 492 g/mol. The molecular weight excluding hydrogens is 454 g/mol. The molecule has 36 heavy (non-hydrogen) atoms. The first-order valence-corrected chi connectivity index (χ1v) is 13.1. The number of carbonyl (C=O) groups is 2. The Labute approximate surface area is 213 Å². The van der Waals surface area contributed by atoms with Crippen LogP contribution in [0.1, 0.15) is 49.1 Å². The lowest BCUT2D eigenvalue weighted by molar-refractivity contribution is -0.133. The molecule has 3 saturated heterocycles. The van der Waals surface area contributed by atoms with Gasteiger partial charge >= 0.3 is 0 Å². The molecule has 2 atom stereocenters. The van der Waals surface area contributed by atoms with Gasteiger partial charge in [0, 0.05) is 50.6 Å². The van der Waals surface area contributed by atoms with Gasteiger partial charge in [0.1, 0.15) is 5.75 Å². The molecule has 2 amide bonds. The lowest BCUT2D eigenvalue weighted by Gasteiger charge is -2.39. The fourth-order valence-corrected chi connectivity index (χ4v) is 5.93. The number of hydrogen-bond acceptors (Lipinski definition) is 5. The molecule has 1 N–H and O–H groups in total. The van der Waals surface area contributed by atoms with Crippen molar-refractivity contribution in [3.63, 3.8) is 0 Å². The SMILES string of the molecule is COc1ccccc1CN1CCC2(CC[C@H](CNC(=O)CN3C[C@@H](c4ccccc4)CC3=O)O2)CC1. The molecule has 3 fully saturated rings. The summed E-state index contributed by atoms with van der Waals surface area (Å²) in [5.74, 6) is 1.05. The molecule has 1 spiro atoms. The minimum absolute atomic E-state index is 0.0427. The van der Waals surface area contributed by atoms with Crippen LogP contribution in [0.4, 0.5) is 0 Å². The number of nitrogens with zero attached hydrogens (tertiary/aromatic N) is 2. The summed E-state index contributed by atoms with van der Waals surface area (Å²) >= 11 is 0. The van der Waals surface area contributed by atoms with Crippen LogP contribution in [0, 0.1) is 0 Å². The Bertz CT molecular complexity index is 1050. The van der Waals surface area contributed by atoms with Crippen LogP contribution < -0.4 is 10.1 Å². The highest BCUT2D eigenvalue weighted by molar-refractivity contribution is 5.86. The van der Waals surface area contributed by atoms with E-state index in [0.29, 0.717) is 19.5 Å². The van der Waals surface area contributed by atoms with Gasteiger partial charge in [-0.15, -0.1) is 0 Å². The maximum atomic E-state index is 12.6. The minimum Gasteiger partial charge on any atom is -0.496 e. The monoisotopic (exact) mass is 491 g/mol. The summed E-state index contributed by atoms with van der Waals surface area (Å²) in [6.07, 6.45) is 4.54. The van der Waals surface area contributed by atoms with Gasteiger partial charge in [-0.05, 0) is 37.3 Å². The fraction of sp³-hybridized carbons (Fsp3) is 0.517. The molecular formula is C29H37N3O4. The van der Waals surface area contributed by atoms with Gasteiger partial charge in [0.15, 0.2) is 0 Å². The van der Waals surface area contributed by atoms with E-state index in [9.17, 15) is 9.59 Å². The molecule has 7 heteroatoms. The molecule has 2 aromatic rings. The maximum Gasteiger partial charge on any atom is 0.239 e. The third-order valence-corrected chi connectivity index (χ3v) is 8.04. The Morgan fingerprint density at radius 3 is 2.61 bits per heavy atom. The van der Waals surface area contributed by atoms with Gasteiger partial charge in [-0.25, -0.2) is 0 Å². The number of likely N-dealkylation sites (tertiary alicyclic amines) is 2. The molecule has 3 aliphatic rings. The Balaban J connectivity index is 1.04. The van der Waals surface area contributed by atoms with E-state index in [-0.39, 0.29) is 36.0 Å². The number of benzene rings is 2. The predicted molar refractivity (Wildman–Crippen MR) is 138 cm³/mol. The summed E-state index contributed by atoms with van der Waals surface area (Å²) in [6.45, 7) is 4.12. The summed E-state index contributed by atoms with van der Waals surface area (Å²) in [5.41, 5.74) is 2.31. The van der Waals surface area contributed by atoms with Crippen LogP contribution in [0.15, 0.2) is 54.6 Å². The standard InChI is InChI=1S/C29H37N3O4/c1-35-26-10-6-5-9-23(26)19-31-15-13-29(14-16-31)12-11-25(36-29)18-30-27(33)21-32-20-24(17-28(32)34)22-7-3-2-4-8-22/h2-10,24-25H,11-21H2,1H3,(H,30,33)/t24-,25+/m0/s1. The lowest BCUT2D eigenvalue weighted by atomic mass is 9.88. The first-order chi connectivity index (χ1) is 17.5. The molecule has 3 heterocycles.